The second kappa shape index (κ2) is 7.26. The molecular formula is C19H23NO3S. The first kappa shape index (κ1) is 16.8. The lowest BCUT2D eigenvalue weighted by Gasteiger charge is -2.14. The molecule has 0 bridgehead atoms. The molecule has 1 fully saturated rings. The zero-order valence-electron chi connectivity index (χ0n) is 13.9. The first-order valence-corrected chi connectivity index (χ1v) is 9.98. The Kier molecular flexibility index (Phi) is 5.09. The summed E-state index contributed by atoms with van der Waals surface area (Å²) in [7, 11) is -3.43. The number of aryl methyl sites for hydroxylation is 1. The van der Waals surface area contributed by atoms with Gasteiger partial charge in [-0.05, 0) is 62.4 Å². The van der Waals surface area contributed by atoms with Crippen LogP contribution in [0.15, 0.2) is 48.5 Å². The second-order valence-corrected chi connectivity index (χ2v) is 8.12. The third kappa shape index (κ3) is 4.74. The molecule has 0 aromatic heterocycles. The summed E-state index contributed by atoms with van der Waals surface area (Å²) in [6.45, 7) is 1.98. The number of sulfonamides is 1. The summed E-state index contributed by atoms with van der Waals surface area (Å²) in [6, 6.07) is 14.7. The van der Waals surface area contributed by atoms with Gasteiger partial charge in [-0.3, -0.25) is 4.72 Å². The SMILES string of the molecule is Cc1ccc(CS(=O)(=O)Nc2ccc(OC3CCCC3)cc2)cc1. The fourth-order valence-corrected chi connectivity index (χ4v) is 4.12. The molecule has 3 rings (SSSR count). The lowest BCUT2D eigenvalue weighted by atomic mass is 10.2. The fraction of sp³-hybridized carbons (Fsp3) is 0.368. The quantitative estimate of drug-likeness (QED) is 0.851. The van der Waals surface area contributed by atoms with Crippen LogP contribution < -0.4 is 9.46 Å². The predicted molar refractivity (Wildman–Crippen MR) is 96.8 cm³/mol. The number of hydrogen-bond donors (Lipinski definition) is 1. The molecular weight excluding hydrogens is 322 g/mol. The Morgan fingerprint density at radius 2 is 1.62 bits per heavy atom. The van der Waals surface area contributed by atoms with Crippen LogP contribution in [-0.4, -0.2) is 14.5 Å². The molecule has 0 amide bonds. The minimum absolute atomic E-state index is 0.0341. The average Bonchev–Trinajstić information content (AvgIpc) is 3.04. The first-order valence-electron chi connectivity index (χ1n) is 8.33. The third-order valence-corrected chi connectivity index (χ3v) is 5.47. The summed E-state index contributed by atoms with van der Waals surface area (Å²) < 4.78 is 33.1. The van der Waals surface area contributed by atoms with Crippen molar-refractivity contribution >= 4 is 15.7 Å². The number of ether oxygens (including phenoxy) is 1. The Morgan fingerprint density at radius 3 is 2.25 bits per heavy atom. The summed E-state index contributed by atoms with van der Waals surface area (Å²) >= 11 is 0. The number of nitrogens with one attached hydrogen (secondary N) is 1. The maximum Gasteiger partial charge on any atom is 0.236 e. The van der Waals surface area contributed by atoms with Crippen LogP contribution in [0.2, 0.25) is 0 Å². The van der Waals surface area contributed by atoms with Crippen LogP contribution >= 0.6 is 0 Å². The molecule has 2 aromatic rings. The zero-order valence-corrected chi connectivity index (χ0v) is 14.7. The van der Waals surface area contributed by atoms with Crippen LogP contribution in [0.25, 0.3) is 0 Å². The van der Waals surface area contributed by atoms with Gasteiger partial charge in [-0.25, -0.2) is 8.42 Å². The Bertz CT molecular complexity index is 761. The lowest BCUT2D eigenvalue weighted by Crippen LogP contribution is -2.15. The van der Waals surface area contributed by atoms with Gasteiger partial charge in [0.2, 0.25) is 10.0 Å². The highest BCUT2D eigenvalue weighted by atomic mass is 32.2. The molecule has 0 saturated heterocycles. The fourth-order valence-electron chi connectivity index (χ4n) is 2.92. The van der Waals surface area contributed by atoms with Gasteiger partial charge in [0.15, 0.2) is 0 Å². The van der Waals surface area contributed by atoms with E-state index < -0.39 is 10.0 Å². The Morgan fingerprint density at radius 1 is 1.00 bits per heavy atom. The summed E-state index contributed by atoms with van der Waals surface area (Å²) in [5.74, 6) is 0.761. The molecule has 0 heterocycles. The maximum absolute atomic E-state index is 12.3. The molecule has 0 spiro atoms. The zero-order chi connectivity index (χ0) is 17.0. The summed E-state index contributed by atoms with van der Waals surface area (Å²) in [5, 5.41) is 0. The number of hydrogen-bond acceptors (Lipinski definition) is 3. The molecule has 2 aromatic carbocycles. The first-order chi connectivity index (χ1) is 11.5. The highest BCUT2D eigenvalue weighted by Gasteiger charge is 2.16. The van der Waals surface area contributed by atoms with Crippen molar-refractivity contribution in [3.05, 3.63) is 59.7 Å². The van der Waals surface area contributed by atoms with Crippen LogP contribution in [0.5, 0.6) is 5.75 Å². The van der Waals surface area contributed by atoms with Gasteiger partial charge in [0.05, 0.1) is 11.9 Å². The van der Waals surface area contributed by atoms with Gasteiger partial charge in [0, 0.05) is 5.69 Å². The highest BCUT2D eigenvalue weighted by molar-refractivity contribution is 7.91. The van der Waals surface area contributed by atoms with Gasteiger partial charge in [-0.2, -0.15) is 0 Å². The van der Waals surface area contributed by atoms with Crippen molar-refractivity contribution in [2.24, 2.45) is 0 Å². The smallest absolute Gasteiger partial charge is 0.236 e. The van der Waals surface area contributed by atoms with E-state index >= 15 is 0 Å². The molecule has 1 aliphatic carbocycles. The molecule has 4 nitrogen and oxygen atoms in total. The van der Waals surface area contributed by atoms with Crippen LogP contribution in [-0.2, 0) is 15.8 Å². The van der Waals surface area contributed by atoms with Gasteiger partial charge in [0.1, 0.15) is 5.75 Å². The average molecular weight is 345 g/mol. The van der Waals surface area contributed by atoms with Crippen molar-refractivity contribution < 1.29 is 13.2 Å². The molecule has 1 saturated carbocycles. The van der Waals surface area contributed by atoms with E-state index in [0.29, 0.717) is 11.8 Å². The molecule has 24 heavy (non-hydrogen) atoms. The van der Waals surface area contributed by atoms with E-state index in [2.05, 4.69) is 4.72 Å². The van der Waals surface area contributed by atoms with E-state index in [1.165, 1.54) is 12.8 Å². The monoisotopic (exact) mass is 345 g/mol. The minimum atomic E-state index is -3.43. The molecule has 1 aliphatic rings. The summed E-state index contributed by atoms with van der Waals surface area (Å²) in [4.78, 5) is 0. The van der Waals surface area contributed by atoms with E-state index in [4.69, 9.17) is 4.74 Å². The molecule has 0 radical (unpaired) electrons. The Hall–Kier alpha value is -2.01. The lowest BCUT2D eigenvalue weighted by molar-refractivity contribution is 0.210. The predicted octanol–water partition coefficient (Wildman–Crippen LogP) is 4.26. The topological polar surface area (TPSA) is 55.4 Å². The van der Waals surface area contributed by atoms with E-state index in [1.54, 1.807) is 12.1 Å². The van der Waals surface area contributed by atoms with Crippen molar-refractivity contribution in [3.8, 4) is 5.75 Å². The van der Waals surface area contributed by atoms with Gasteiger partial charge >= 0.3 is 0 Å². The number of benzene rings is 2. The van der Waals surface area contributed by atoms with Crippen LogP contribution in [0.1, 0.15) is 36.8 Å². The van der Waals surface area contributed by atoms with Gasteiger partial charge in [-0.1, -0.05) is 29.8 Å². The molecule has 0 unspecified atom stereocenters. The number of anilines is 1. The minimum Gasteiger partial charge on any atom is -0.490 e. The van der Waals surface area contributed by atoms with Crippen LogP contribution in [0.4, 0.5) is 5.69 Å². The summed E-state index contributed by atoms with van der Waals surface area (Å²) in [5.41, 5.74) is 2.44. The van der Waals surface area contributed by atoms with Gasteiger partial charge in [0.25, 0.3) is 0 Å². The van der Waals surface area contributed by atoms with Crippen LogP contribution in [0.3, 0.4) is 0 Å². The molecule has 5 heteroatoms. The third-order valence-electron chi connectivity index (χ3n) is 4.21. The van der Waals surface area contributed by atoms with Gasteiger partial charge < -0.3 is 4.74 Å². The highest BCUT2D eigenvalue weighted by Crippen LogP contribution is 2.25. The number of rotatable bonds is 6. The molecule has 128 valence electrons. The normalized spacial score (nSPS) is 15.4. The summed E-state index contributed by atoms with van der Waals surface area (Å²) in [6.07, 6.45) is 4.95. The maximum atomic E-state index is 12.3. The molecule has 1 N–H and O–H groups in total. The van der Waals surface area contributed by atoms with Crippen molar-refractivity contribution in [2.45, 2.75) is 44.5 Å². The van der Waals surface area contributed by atoms with Crippen molar-refractivity contribution in [1.82, 2.24) is 0 Å². The van der Waals surface area contributed by atoms with E-state index in [-0.39, 0.29) is 5.75 Å². The van der Waals surface area contributed by atoms with E-state index in [0.717, 1.165) is 29.7 Å². The van der Waals surface area contributed by atoms with Gasteiger partial charge in [-0.15, -0.1) is 0 Å². The van der Waals surface area contributed by atoms with Crippen molar-refractivity contribution in [1.29, 1.82) is 0 Å². The van der Waals surface area contributed by atoms with Crippen molar-refractivity contribution in [3.63, 3.8) is 0 Å². The Balaban J connectivity index is 1.60. The van der Waals surface area contributed by atoms with E-state index in [1.807, 2.05) is 43.3 Å². The second-order valence-electron chi connectivity index (χ2n) is 6.40. The van der Waals surface area contributed by atoms with Crippen LogP contribution in [0, 0.1) is 6.92 Å². The largest absolute Gasteiger partial charge is 0.490 e. The Labute approximate surface area is 143 Å². The molecule has 0 atom stereocenters. The standard InChI is InChI=1S/C19H23NO3S/c1-15-6-8-16(9-7-15)14-24(21,22)20-17-10-12-19(13-11-17)23-18-4-2-3-5-18/h6-13,18,20H,2-5,14H2,1H3. The molecule has 0 aliphatic heterocycles. The van der Waals surface area contributed by atoms with E-state index in [9.17, 15) is 8.42 Å². The van der Waals surface area contributed by atoms with Crippen molar-refractivity contribution in [2.75, 3.05) is 4.72 Å².